The zero-order chi connectivity index (χ0) is 18.8. The van der Waals surface area contributed by atoms with E-state index in [0.29, 0.717) is 16.9 Å². The average molecular weight is 357 g/mol. The van der Waals surface area contributed by atoms with E-state index < -0.39 is 0 Å². The Kier molecular flexibility index (Phi) is 4.38. The highest BCUT2D eigenvalue weighted by atomic mass is 16.5. The van der Waals surface area contributed by atoms with Gasteiger partial charge in [-0.2, -0.15) is 0 Å². The topological polar surface area (TPSA) is 40.5 Å². The number of ether oxygens (including phenoxy) is 2. The van der Waals surface area contributed by atoms with Crippen LogP contribution in [0.2, 0.25) is 0 Å². The van der Waals surface area contributed by atoms with E-state index in [1.807, 2.05) is 72.8 Å². The average Bonchev–Trinajstić information content (AvgIpc) is 2.74. The summed E-state index contributed by atoms with van der Waals surface area (Å²) >= 11 is 0. The van der Waals surface area contributed by atoms with Crippen LogP contribution in [-0.2, 0) is 0 Å². The van der Waals surface area contributed by atoms with E-state index in [2.05, 4.69) is 0 Å². The van der Waals surface area contributed by atoms with Crippen molar-refractivity contribution in [1.82, 2.24) is 4.57 Å². The molecule has 0 aliphatic rings. The largest absolute Gasteiger partial charge is 0.493 e. The van der Waals surface area contributed by atoms with E-state index in [-0.39, 0.29) is 5.56 Å². The van der Waals surface area contributed by atoms with Crippen molar-refractivity contribution < 1.29 is 9.47 Å². The Morgan fingerprint density at radius 2 is 1.33 bits per heavy atom. The third-order valence-corrected chi connectivity index (χ3v) is 4.61. The number of pyridine rings is 1. The zero-order valence-corrected chi connectivity index (χ0v) is 15.2. The van der Waals surface area contributed by atoms with Crippen molar-refractivity contribution in [3.8, 4) is 28.4 Å². The molecule has 0 bridgehead atoms. The predicted octanol–water partition coefficient (Wildman–Crippen LogP) is 4.67. The van der Waals surface area contributed by atoms with Crippen molar-refractivity contribution in [1.29, 1.82) is 0 Å². The van der Waals surface area contributed by atoms with Gasteiger partial charge in [0, 0.05) is 5.69 Å². The molecule has 0 saturated heterocycles. The maximum atomic E-state index is 13.5. The van der Waals surface area contributed by atoms with Gasteiger partial charge >= 0.3 is 0 Å². The Hall–Kier alpha value is -3.53. The first-order valence-corrected chi connectivity index (χ1v) is 8.65. The van der Waals surface area contributed by atoms with Gasteiger partial charge in [-0.25, -0.2) is 0 Å². The number of nitrogens with zero attached hydrogens (tertiary/aromatic N) is 1. The maximum absolute atomic E-state index is 13.5. The van der Waals surface area contributed by atoms with E-state index in [1.165, 1.54) is 0 Å². The molecule has 0 unspecified atom stereocenters. The van der Waals surface area contributed by atoms with E-state index in [4.69, 9.17) is 9.47 Å². The van der Waals surface area contributed by atoms with Crippen molar-refractivity contribution in [2.75, 3.05) is 14.2 Å². The first kappa shape index (κ1) is 16.9. The van der Waals surface area contributed by atoms with Crippen LogP contribution in [0.25, 0.3) is 27.7 Å². The van der Waals surface area contributed by atoms with E-state index in [0.717, 1.165) is 22.3 Å². The number of para-hydroxylation sites is 1. The highest BCUT2D eigenvalue weighted by Crippen LogP contribution is 2.33. The number of hydrogen-bond acceptors (Lipinski definition) is 3. The molecule has 3 aromatic carbocycles. The summed E-state index contributed by atoms with van der Waals surface area (Å²) in [5.41, 5.74) is 2.51. The summed E-state index contributed by atoms with van der Waals surface area (Å²) < 4.78 is 12.5. The fourth-order valence-corrected chi connectivity index (χ4v) is 3.30. The van der Waals surface area contributed by atoms with Gasteiger partial charge in [0.05, 0.1) is 25.3 Å². The number of methoxy groups -OCH3 is 2. The molecule has 0 radical (unpaired) electrons. The van der Waals surface area contributed by atoms with Crippen LogP contribution in [-0.4, -0.2) is 18.8 Å². The second-order valence-electron chi connectivity index (χ2n) is 6.17. The van der Waals surface area contributed by atoms with Gasteiger partial charge in [0.2, 0.25) is 0 Å². The minimum absolute atomic E-state index is 0.0986. The van der Waals surface area contributed by atoms with Gasteiger partial charge < -0.3 is 9.47 Å². The van der Waals surface area contributed by atoms with Gasteiger partial charge in [0.1, 0.15) is 0 Å². The molecule has 4 rings (SSSR count). The smallest absolute Gasteiger partial charge is 0.263 e. The summed E-state index contributed by atoms with van der Waals surface area (Å²) in [5.74, 6) is 1.13. The van der Waals surface area contributed by atoms with Crippen LogP contribution in [0.3, 0.4) is 0 Å². The lowest BCUT2D eigenvalue weighted by atomic mass is 10.0. The summed E-state index contributed by atoms with van der Waals surface area (Å²) in [6, 6.07) is 25.1. The Labute approximate surface area is 157 Å². The zero-order valence-electron chi connectivity index (χ0n) is 15.2. The highest BCUT2D eigenvalue weighted by molar-refractivity contribution is 5.89. The van der Waals surface area contributed by atoms with Gasteiger partial charge in [-0.1, -0.05) is 48.5 Å². The fourth-order valence-electron chi connectivity index (χ4n) is 3.30. The van der Waals surface area contributed by atoms with E-state index >= 15 is 0 Å². The van der Waals surface area contributed by atoms with Crippen LogP contribution >= 0.6 is 0 Å². The molecule has 1 heterocycles. The van der Waals surface area contributed by atoms with Gasteiger partial charge in [-0.15, -0.1) is 0 Å². The Balaban J connectivity index is 2.12. The molecule has 4 nitrogen and oxygen atoms in total. The predicted molar refractivity (Wildman–Crippen MR) is 108 cm³/mol. The Bertz CT molecular complexity index is 1150. The van der Waals surface area contributed by atoms with Crippen molar-refractivity contribution in [3.63, 3.8) is 0 Å². The van der Waals surface area contributed by atoms with Gasteiger partial charge in [0.25, 0.3) is 5.56 Å². The lowest BCUT2D eigenvalue weighted by Gasteiger charge is -2.16. The van der Waals surface area contributed by atoms with Crippen LogP contribution in [0.4, 0.5) is 0 Å². The van der Waals surface area contributed by atoms with Crippen LogP contribution in [0.15, 0.2) is 83.7 Å². The van der Waals surface area contributed by atoms with Crippen molar-refractivity contribution in [3.05, 3.63) is 89.2 Å². The lowest BCUT2D eigenvalue weighted by molar-refractivity contribution is 0.356. The van der Waals surface area contributed by atoms with Crippen molar-refractivity contribution >= 4 is 10.8 Å². The third-order valence-electron chi connectivity index (χ3n) is 4.61. The molecule has 4 heteroatoms. The molecule has 0 aliphatic carbocycles. The van der Waals surface area contributed by atoms with E-state index in [1.54, 1.807) is 24.9 Å². The summed E-state index contributed by atoms with van der Waals surface area (Å²) in [5, 5.41) is 1.39. The lowest BCUT2D eigenvalue weighted by Crippen LogP contribution is -2.20. The van der Waals surface area contributed by atoms with Crippen molar-refractivity contribution in [2.24, 2.45) is 0 Å². The van der Waals surface area contributed by atoms with Crippen LogP contribution in [0.5, 0.6) is 11.5 Å². The van der Waals surface area contributed by atoms with E-state index in [9.17, 15) is 4.79 Å². The molecule has 134 valence electrons. The first-order chi connectivity index (χ1) is 13.2. The molecular weight excluding hydrogens is 338 g/mol. The summed E-state index contributed by atoms with van der Waals surface area (Å²) in [6.45, 7) is 0. The molecule has 0 fully saturated rings. The molecule has 0 N–H and O–H groups in total. The summed E-state index contributed by atoms with van der Waals surface area (Å²) in [7, 11) is 3.16. The maximum Gasteiger partial charge on any atom is 0.263 e. The van der Waals surface area contributed by atoms with Gasteiger partial charge in [-0.05, 0) is 41.3 Å². The van der Waals surface area contributed by atoms with Crippen LogP contribution in [0.1, 0.15) is 0 Å². The van der Waals surface area contributed by atoms with Crippen LogP contribution in [0, 0.1) is 0 Å². The monoisotopic (exact) mass is 357 g/mol. The Morgan fingerprint density at radius 1 is 0.741 bits per heavy atom. The minimum atomic E-state index is -0.0986. The normalized spacial score (nSPS) is 10.7. The summed E-state index contributed by atoms with van der Waals surface area (Å²) in [6.07, 6.45) is 0. The molecule has 1 aromatic heterocycles. The number of benzene rings is 3. The molecule has 27 heavy (non-hydrogen) atoms. The first-order valence-electron chi connectivity index (χ1n) is 8.65. The van der Waals surface area contributed by atoms with Gasteiger partial charge in [-0.3, -0.25) is 9.36 Å². The molecule has 0 spiro atoms. The molecule has 0 aliphatic heterocycles. The third kappa shape index (κ3) is 2.95. The minimum Gasteiger partial charge on any atom is -0.493 e. The van der Waals surface area contributed by atoms with Crippen LogP contribution < -0.4 is 15.0 Å². The standard InChI is InChI=1S/C23H19NO3/c1-26-21-14-17-13-20(16-9-5-3-6-10-16)24(18-11-7-4-8-12-18)23(25)19(17)15-22(21)27-2/h3-15H,1-2H3. The summed E-state index contributed by atoms with van der Waals surface area (Å²) in [4.78, 5) is 13.5. The second-order valence-corrected chi connectivity index (χ2v) is 6.17. The molecule has 0 atom stereocenters. The van der Waals surface area contributed by atoms with Gasteiger partial charge in [0.15, 0.2) is 11.5 Å². The number of rotatable bonds is 4. The molecule has 4 aromatic rings. The fraction of sp³-hybridized carbons (Fsp3) is 0.0870. The number of aromatic nitrogens is 1. The quantitative estimate of drug-likeness (QED) is 0.533. The highest BCUT2D eigenvalue weighted by Gasteiger charge is 2.15. The SMILES string of the molecule is COc1cc2cc(-c3ccccc3)n(-c3ccccc3)c(=O)c2cc1OC. The molecule has 0 saturated carbocycles. The Morgan fingerprint density at radius 3 is 1.96 bits per heavy atom. The molecular formula is C23H19NO3. The molecule has 0 amide bonds. The second kappa shape index (κ2) is 7.00. The van der Waals surface area contributed by atoms with Crippen molar-refractivity contribution in [2.45, 2.75) is 0 Å². The number of fused-ring (bicyclic) bond motifs is 1. The number of hydrogen-bond donors (Lipinski definition) is 0.